The van der Waals surface area contributed by atoms with Crippen molar-refractivity contribution >= 4 is 28.8 Å². The average Bonchev–Trinajstić information content (AvgIpc) is 2.95. The molecule has 0 saturated carbocycles. The third-order valence-electron chi connectivity index (χ3n) is 3.27. The van der Waals surface area contributed by atoms with Crippen LogP contribution in [0.4, 0.5) is 0 Å². The number of amides is 1. The standard InChI is InChI=1S/C16H19ClN2OS/c1-19(2)14(15-4-3-9-21-15)11-18-16(20)10-12-5-7-13(17)8-6-12/h3-9,14H,10-11H2,1-2H3,(H,18,20). The molecule has 2 rings (SSSR count). The highest BCUT2D eigenvalue weighted by atomic mass is 35.5. The van der Waals surface area contributed by atoms with Gasteiger partial charge in [-0.05, 0) is 43.2 Å². The summed E-state index contributed by atoms with van der Waals surface area (Å²) in [6.45, 7) is 0.611. The number of nitrogens with zero attached hydrogens (tertiary/aromatic N) is 1. The van der Waals surface area contributed by atoms with Gasteiger partial charge in [-0.1, -0.05) is 29.8 Å². The Morgan fingerprint density at radius 3 is 2.57 bits per heavy atom. The van der Waals surface area contributed by atoms with Crippen molar-refractivity contribution in [1.29, 1.82) is 0 Å². The number of halogens is 1. The molecule has 1 amide bonds. The van der Waals surface area contributed by atoms with Crippen LogP contribution in [0.25, 0.3) is 0 Å². The monoisotopic (exact) mass is 322 g/mol. The SMILES string of the molecule is CN(C)C(CNC(=O)Cc1ccc(Cl)cc1)c1cccs1. The molecule has 0 radical (unpaired) electrons. The zero-order chi connectivity index (χ0) is 15.2. The average molecular weight is 323 g/mol. The molecule has 0 aliphatic heterocycles. The summed E-state index contributed by atoms with van der Waals surface area (Å²) in [5, 5.41) is 5.75. The first kappa shape index (κ1) is 16.0. The third kappa shape index (κ3) is 4.84. The van der Waals surface area contributed by atoms with Crippen molar-refractivity contribution in [3.05, 3.63) is 57.2 Å². The Hall–Kier alpha value is -1.36. The van der Waals surface area contributed by atoms with Crippen LogP contribution in [0.5, 0.6) is 0 Å². The van der Waals surface area contributed by atoms with Crippen molar-refractivity contribution in [1.82, 2.24) is 10.2 Å². The van der Waals surface area contributed by atoms with Gasteiger partial charge in [0.2, 0.25) is 5.91 Å². The van der Waals surface area contributed by atoms with E-state index in [0.29, 0.717) is 18.0 Å². The first-order valence-corrected chi connectivity index (χ1v) is 8.03. The molecule has 0 aliphatic carbocycles. The summed E-state index contributed by atoms with van der Waals surface area (Å²) in [4.78, 5) is 15.4. The van der Waals surface area contributed by atoms with Gasteiger partial charge in [-0.15, -0.1) is 11.3 Å². The van der Waals surface area contributed by atoms with Crippen LogP contribution in [0, 0.1) is 0 Å². The molecule has 112 valence electrons. The molecule has 1 N–H and O–H groups in total. The minimum atomic E-state index is 0.0285. The van der Waals surface area contributed by atoms with Gasteiger partial charge in [0.05, 0.1) is 12.5 Å². The van der Waals surface area contributed by atoms with Crippen molar-refractivity contribution in [3.8, 4) is 0 Å². The Bertz CT molecular complexity index is 566. The first-order valence-electron chi connectivity index (χ1n) is 6.77. The second kappa shape index (κ2) is 7.59. The maximum Gasteiger partial charge on any atom is 0.224 e. The van der Waals surface area contributed by atoms with Gasteiger partial charge in [0.25, 0.3) is 0 Å². The predicted octanol–water partition coefficient (Wildman–Crippen LogP) is 3.36. The van der Waals surface area contributed by atoms with Crippen molar-refractivity contribution < 1.29 is 4.79 Å². The van der Waals surface area contributed by atoms with Gasteiger partial charge in [0.15, 0.2) is 0 Å². The molecule has 1 unspecified atom stereocenters. The van der Waals surface area contributed by atoms with Gasteiger partial charge in [-0.25, -0.2) is 0 Å². The van der Waals surface area contributed by atoms with Gasteiger partial charge >= 0.3 is 0 Å². The largest absolute Gasteiger partial charge is 0.354 e. The molecule has 0 bridgehead atoms. The van der Waals surface area contributed by atoms with E-state index in [1.54, 1.807) is 23.5 Å². The second-order valence-electron chi connectivity index (χ2n) is 5.10. The van der Waals surface area contributed by atoms with E-state index >= 15 is 0 Å². The Labute approximate surface area is 134 Å². The lowest BCUT2D eigenvalue weighted by molar-refractivity contribution is -0.120. The van der Waals surface area contributed by atoms with E-state index in [1.807, 2.05) is 32.3 Å². The molecule has 2 aromatic rings. The summed E-state index contributed by atoms with van der Waals surface area (Å²) in [7, 11) is 4.05. The molecule has 1 heterocycles. The maximum absolute atomic E-state index is 12.0. The summed E-state index contributed by atoms with van der Waals surface area (Å²) in [5.41, 5.74) is 0.967. The minimum absolute atomic E-state index is 0.0285. The number of thiophene rings is 1. The molecule has 0 saturated heterocycles. The number of carbonyl (C=O) groups excluding carboxylic acids is 1. The van der Waals surface area contributed by atoms with Crippen LogP contribution >= 0.6 is 22.9 Å². The lowest BCUT2D eigenvalue weighted by Gasteiger charge is -2.23. The number of benzene rings is 1. The van der Waals surface area contributed by atoms with Crippen LogP contribution in [0.1, 0.15) is 16.5 Å². The van der Waals surface area contributed by atoms with Crippen LogP contribution in [0.15, 0.2) is 41.8 Å². The second-order valence-corrected chi connectivity index (χ2v) is 6.52. The summed E-state index contributed by atoms with van der Waals surface area (Å²) in [6, 6.07) is 11.7. The van der Waals surface area contributed by atoms with Crippen molar-refractivity contribution in [3.63, 3.8) is 0 Å². The zero-order valence-corrected chi connectivity index (χ0v) is 13.7. The minimum Gasteiger partial charge on any atom is -0.354 e. The molecule has 0 aliphatic rings. The van der Waals surface area contributed by atoms with E-state index in [2.05, 4.69) is 21.7 Å². The van der Waals surface area contributed by atoms with Crippen LogP contribution < -0.4 is 5.32 Å². The van der Waals surface area contributed by atoms with Crippen LogP contribution in [0.3, 0.4) is 0 Å². The maximum atomic E-state index is 12.0. The highest BCUT2D eigenvalue weighted by molar-refractivity contribution is 7.10. The molecular weight excluding hydrogens is 304 g/mol. The summed E-state index contributed by atoms with van der Waals surface area (Å²) >= 11 is 7.55. The summed E-state index contributed by atoms with van der Waals surface area (Å²) in [6.07, 6.45) is 0.377. The van der Waals surface area contributed by atoms with Crippen molar-refractivity contribution in [2.24, 2.45) is 0 Å². The Morgan fingerprint density at radius 1 is 1.29 bits per heavy atom. The fraction of sp³-hybridized carbons (Fsp3) is 0.312. The van der Waals surface area contributed by atoms with Gasteiger partial charge in [-0.3, -0.25) is 4.79 Å². The zero-order valence-electron chi connectivity index (χ0n) is 12.2. The predicted molar refractivity (Wildman–Crippen MR) is 88.9 cm³/mol. The fourth-order valence-corrected chi connectivity index (χ4v) is 3.13. The highest BCUT2D eigenvalue weighted by Gasteiger charge is 2.16. The van der Waals surface area contributed by atoms with E-state index in [0.717, 1.165) is 5.56 Å². The van der Waals surface area contributed by atoms with E-state index in [9.17, 15) is 4.79 Å². The lowest BCUT2D eigenvalue weighted by atomic mass is 10.1. The first-order chi connectivity index (χ1) is 10.1. The fourth-order valence-electron chi connectivity index (χ4n) is 2.08. The van der Waals surface area contributed by atoms with Gasteiger partial charge in [0.1, 0.15) is 0 Å². The molecule has 1 aromatic carbocycles. The van der Waals surface area contributed by atoms with Crippen molar-refractivity contribution in [2.75, 3.05) is 20.6 Å². The summed E-state index contributed by atoms with van der Waals surface area (Å²) < 4.78 is 0. The molecule has 1 aromatic heterocycles. The quantitative estimate of drug-likeness (QED) is 0.884. The number of hydrogen-bond acceptors (Lipinski definition) is 3. The normalized spacial score (nSPS) is 12.4. The van der Waals surface area contributed by atoms with Gasteiger partial charge < -0.3 is 10.2 Å². The Morgan fingerprint density at radius 2 is 2.00 bits per heavy atom. The molecular formula is C16H19ClN2OS. The van der Waals surface area contributed by atoms with Crippen LogP contribution in [-0.4, -0.2) is 31.4 Å². The molecule has 0 spiro atoms. The van der Waals surface area contributed by atoms with Gasteiger partial charge in [0, 0.05) is 16.4 Å². The van der Waals surface area contributed by atoms with E-state index in [1.165, 1.54) is 4.88 Å². The Balaban J connectivity index is 1.89. The number of carbonyl (C=O) groups is 1. The number of likely N-dealkylation sites (N-methyl/N-ethyl adjacent to an activating group) is 1. The van der Waals surface area contributed by atoms with E-state index in [-0.39, 0.29) is 11.9 Å². The molecule has 3 nitrogen and oxygen atoms in total. The topological polar surface area (TPSA) is 32.3 Å². The number of nitrogens with one attached hydrogen (secondary N) is 1. The van der Waals surface area contributed by atoms with E-state index < -0.39 is 0 Å². The number of hydrogen-bond donors (Lipinski definition) is 1. The summed E-state index contributed by atoms with van der Waals surface area (Å²) in [5.74, 6) is 0.0285. The third-order valence-corrected chi connectivity index (χ3v) is 4.49. The lowest BCUT2D eigenvalue weighted by Crippen LogP contribution is -2.34. The Kier molecular flexibility index (Phi) is 5.79. The van der Waals surface area contributed by atoms with E-state index in [4.69, 9.17) is 11.6 Å². The molecule has 1 atom stereocenters. The highest BCUT2D eigenvalue weighted by Crippen LogP contribution is 2.22. The van der Waals surface area contributed by atoms with Crippen LogP contribution in [-0.2, 0) is 11.2 Å². The molecule has 0 fully saturated rings. The smallest absolute Gasteiger partial charge is 0.224 e. The van der Waals surface area contributed by atoms with Crippen molar-refractivity contribution in [2.45, 2.75) is 12.5 Å². The molecule has 5 heteroatoms. The number of rotatable bonds is 6. The van der Waals surface area contributed by atoms with Crippen LogP contribution in [0.2, 0.25) is 5.02 Å². The molecule has 21 heavy (non-hydrogen) atoms. The van der Waals surface area contributed by atoms with Gasteiger partial charge in [-0.2, -0.15) is 0 Å².